The van der Waals surface area contributed by atoms with Crippen molar-refractivity contribution < 1.29 is 24.3 Å². The molecule has 0 radical (unpaired) electrons. The highest BCUT2D eigenvalue weighted by atomic mass is 16.4. The minimum atomic E-state index is -0.934. The van der Waals surface area contributed by atoms with Crippen molar-refractivity contribution in [1.82, 2.24) is 10.2 Å². The summed E-state index contributed by atoms with van der Waals surface area (Å²) in [7, 11) is 0. The van der Waals surface area contributed by atoms with E-state index in [1.165, 1.54) is 0 Å². The number of piperidine rings is 1. The van der Waals surface area contributed by atoms with Gasteiger partial charge in [0.2, 0.25) is 11.8 Å². The second kappa shape index (κ2) is 13.5. The molecule has 2 aromatic rings. The molecule has 1 aliphatic heterocycles. The molecule has 1 aliphatic rings. The van der Waals surface area contributed by atoms with Crippen molar-refractivity contribution in [2.45, 2.75) is 71.4 Å². The Hall–Kier alpha value is -4.06. The molecule has 1 heterocycles. The zero-order valence-corrected chi connectivity index (χ0v) is 22.2. The van der Waals surface area contributed by atoms with Crippen molar-refractivity contribution in [1.29, 1.82) is 0 Å². The lowest BCUT2D eigenvalue weighted by Crippen LogP contribution is -2.54. The number of carboxylic acids is 1. The highest BCUT2D eigenvalue weighted by Gasteiger charge is 2.33. The molecule has 0 spiro atoms. The summed E-state index contributed by atoms with van der Waals surface area (Å²) >= 11 is 0. The number of carbonyl (C=O) groups is 4. The van der Waals surface area contributed by atoms with Crippen LogP contribution in [0.15, 0.2) is 36.4 Å². The Labute approximate surface area is 224 Å². The van der Waals surface area contributed by atoms with Crippen LogP contribution >= 0.6 is 0 Å². The predicted molar refractivity (Wildman–Crippen MR) is 145 cm³/mol. The van der Waals surface area contributed by atoms with Crippen LogP contribution in [-0.4, -0.2) is 52.4 Å². The van der Waals surface area contributed by atoms with Crippen molar-refractivity contribution in [3.63, 3.8) is 0 Å². The largest absolute Gasteiger partial charge is 0.481 e. The molecule has 0 aliphatic carbocycles. The van der Waals surface area contributed by atoms with Gasteiger partial charge in [-0.15, -0.1) is 0 Å². The van der Waals surface area contributed by atoms with E-state index in [-0.39, 0.29) is 36.6 Å². The first-order valence-electron chi connectivity index (χ1n) is 13.0. The van der Waals surface area contributed by atoms with Gasteiger partial charge >= 0.3 is 12.0 Å². The molecule has 9 heteroatoms. The third-order valence-corrected chi connectivity index (χ3v) is 6.46. The molecule has 4 amide bonds. The number of aryl methyl sites for hydroxylation is 1. The maximum absolute atomic E-state index is 13.4. The van der Waals surface area contributed by atoms with Crippen LogP contribution in [0.3, 0.4) is 0 Å². The second-order valence-electron chi connectivity index (χ2n) is 10.1. The smallest absolute Gasteiger partial charge is 0.324 e. The van der Waals surface area contributed by atoms with Gasteiger partial charge in [-0.3, -0.25) is 14.4 Å². The van der Waals surface area contributed by atoms with Gasteiger partial charge in [-0.1, -0.05) is 38.1 Å². The predicted octanol–water partition coefficient (Wildman–Crippen LogP) is 4.17. The van der Waals surface area contributed by atoms with E-state index >= 15 is 0 Å². The number of para-hydroxylation sites is 1. The van der Waals surface area contributed by atoms with Gasteiger partial charge in [0.05, 0.1) is 18.5 Å². The van der Waals surface area contributed by atoms with E-state index in [9.17, 15) is 24.3 Å². The van der Waals surface area contributed by atoms with E-state index in [0.717, 1.165) is 18.4 Å². The minimum Gasteiger partial charge on any atom is -0.481 e. The molecule has 2 atom stereocenters. The Morgan fingerprint density at radius 1 is 1.05 bits per heavy atom. The number of benzene rings is 1. The molecular weight excluding hydrogens is 484 g/mol. The molecule has 38 heavy (non-hydrogen) atoms. The quantitative estimate of drug-likeness (QED) is 0.374. The first-order chi connectivity index (χ1) is 18.1. The van der Waals surface area contributed by atoms with E-state index in [2.05, 4.69) is 28.1 Å². The third kappa shape index (κ3) is 8.51. The van der Waals surface area contributed by atoms with Crippen LogP contribution in [0.4, 0.5) is 16.2 Å². The molecule has 9 nitrogen and oxygen atoms in total. The van der Waals surface area contributed by atoms with E-state index in [4.69, 9.17) is 0 Å². The number of amides is 4. The number of rotatable bonds is 10. The van der Waals surface area contributed by atoms with Gasteiger partial charge in [0.1, 0.15) is 6.04 Å². The fraction of sp³-hybridized carbons (Fsp3) is 0.448. The van der Waals surface area contributed by atoms with Gasteiger partial charge in [0, 0.05) is 23.8 Å². The number of nitrogens with one attached hydrogen (secondary N) is 3. The lowest BCUT2D eigenvalue weighted by atomic mass is 9.96. The van der Waals surface area contributed by atoms with Crippen LogP contribution in [-0.2, 0) is 20.8 Å². The fourth-order valence-corrected chi connectivity index (χ4v) is 4.60. The van der Waals surface area contributed by atoms with Crippen LogP contribution in [0.1, 0.15) is 57.1 Å². The molecule has 0 bridgehead atoms. The maximum atomic E-state index is 13.4. The SMILES string of the molecule is Cc1ccccc1NC(=O)Nc1c#cc(CC(=O)N[C@@H](CC(C)C)C(=O)N2CCCCC2CC(=O)O)cc1. The Morgan fingerprint density at radius 3 is 2.47 bits per heavy atom. The number of nitrogens with zero attached hydrogens (tertiary/aromatic N) is 1. The second-order valence-corrected chi connectivity index (χ2v) is 10.1. The van der Waals surface area contributed by atoms with Crippen molar-refractivity contribution in [2.24, 2.45) is 5.92 Å². The van der Waals surface area contributed by atoms with Crippen molar-refractivity contribution in [2.75, 3.05) is 17.2 Å². The normalized spacial score (nSPS) is 15.8. The Balaban J connectivity index is 1.58. The van der Waals surface area contributed by atoms with Gasteiger partial charge < -0.3 is 26.0 Å². The summed E-state index contributed by atoms with van der Waals surface area (Å²) in [4.78, 5) is 51.5. The van der Waals surface area contributed by atoms with Crippen LogP contribution in [0.2, 0.25) is 0 Å². The van der Waals surface area contributed by atoms with Crippen LogP contribution in [0.25, 0.3) is 0 Å². The fourth-order valence-electron chi connectivity index (χ4n) is 4.60. The van der Waals surface area contributed by atoms with E-state index < -0.39 is 18.0 Å². The van der Waals surface area contributed by atoms with Gasteiger partial charge in [-0.25, -0.2) is 4.79 Å². The molecule has 1 fully saturated rings. The number of hydrogen-bond donors (Lipinski definition) is 4. The minimum absolute atomic E-state index is 0.00733. The zero-order valence-electron chi connectivity index (χ0n) is 22.2. The summed E-state index contributed by atoms with van der Waals surface area (Å²) in [6.45, 7) is 6.34. The summed E-state index contributed by atoms with van der Waals surface area (Å²) in [6.07, 6.45) is 2.70. The molecule has 2 aromatic carbocycles. The molecule has 4 N–H and O–H groups in total. The van der Waals surface area contributed by atoms with Gasteiger partial charge in [-0.05, 0) is 68.4 Å². The summed E-state index contributed by atoms with van der Waals surface area (Å²) in [5, 5.41) is 17.6. The summed E-state index contributed by atoms with van der Waals surface area (Å²) in [5.74, 6) is -1.34. The Kier molecular flexibility index (Phi) is 10.1. The number of hydrogen-bond acceptors (Lipinski definition) is 4. The topological polar surface area (TPSA) is 128 Å². The molecule has 202 valence electrons. The number of urea groups is 1. The van der Waals surface area contributed by atoms with Crippen molar-refractivity contribution >= 4 is 35.2 Å². The van der Waals surface area contributed by atoms with Gasteiger partial charge in [0.15, 0.2) is 0 Å². The number of carbonyl (C=O) groups excluding carboxylic acids is 3. The number of anilines is 2. The molecule has 0 saturated carbocycles. The van der Waals surface area contributed by atoms with Crippen LogP contribution < -0.4 is 16.0 Å². The maximum Gasteiger partial charge on any atom is 0.324 e. The highest BCUT2D eigenvalue weighted by molar-refractivity contribution is 6.00. The van der Waals surface area contributed by atoms with Gasteiger partial charge in [-0.2, -0.15) is 0 Å². The monoisotopic (exact) mass is 520 g/mol. The van der Waals surface area contributed by atoms with Crippen LogP contribution in [0, 0.1) is 25.0 Å². The van der Waals surface area contributed by atoms with Gasteiger partial charge in [0.25, 0.3) is 0 Å². The summed E-state index contributed by atoms with van der Waals surface area (Å²) in [6, 6.07) is 15.0. The lowest BCUT2D eigenvalue weighted by Gasteiger charge is -2.37. The third-order valence-electron chi connectivity index (χ3n) is 6.46. The van der Waals surface area contributed by atoms with E-state index in [0.29, 0.717) is 36.3 Å². The molecule has 0 aromatic heterocycles. The zero-order chi connectivity index (χ0) is 27.7. The Bertz CT molecular complexity index is 1130. The number of carboxylic acid groups (broad SMARTS) is 1. The average molecular weight is 521 g/mol. The van der Waals surface area contributed by atoms with E-state index in [1.807, 2.05) is 39.0 Å². The average Bonchev–Trinajstić information content (AvgIpc) is 2.85. The van der Waals surface area contributed by atoms with Crippen LogP contribution in [0.5, 0.6) is 0 Å². The molecule has 1 unspecified atom stereocenters. The van der Waals surface area contributed by atoms with Crippen molar-refractivity contribution in [3.8, 4) is 0 Å². The molecule has 1 saturated heterocycles. The van der Waals surface area contributed by atoms with E-state index in [1.54, 1.807) is 23.1 Å². The molecular formula is C29H36N4O5. The first kappa shape index (κ1) is 28.5. The highest BCUT2D eigenvalue weighted by Crippen LogP contribution is 2.22. The summed E-state index contributed by atoms with van der Waals surface area (Å²) in [5.41, 5.74) is 2.60. The summed E-state index contributed by atoms with van der Waals surface area (Å²) < 4.78 is 0. The number of likely N-dealkylation sites (tertiary alicyclic amines) is 1. The molecule has 3 rings (SSSR count). The van der Waals surface area contributed by atoms with Crippen molar-refractivity contribution in [3.05, 3.63) is 59.7 Å². The number of aliphatic carboxylic acids is 1. The first-order valence-corrected chi connectivity index (χ1v) is 13.0. The lowest BCUT2D eigenvalue weighted by molar-refractivity contribution is -0.144. The standard InChI is InChI=1S/C29H36N4O5/c1-19(2)16-25(28(37)33-15-7-6-9-23(33)18-27(35)36)31-26(34)17-21-11-13-22(14-12-21)30-29(38)32-24-10-5-4-8-20(24)3/h4-5,8,10-11,13,19,23,25H,6-7,9,15-18H2,1-3H3,(H,31,34)(H,35,36)(H2,30,32,38)/t23?,25-/m0/s1. The Morgan fingerprint density at radius 2 is 1.82 bits per heavy atom.